The molecule has 0 fully saturated rings. The van der Waals surface area contributed by atoms with Gasteiger partial charge in [0.2, 0.25) is 5.91 Å². The van der Waals surface area contributed by atoms with Crippen LogP contribution in [0, 0.1) is 12.3 Å². The van der Waals surface area contributed by atoms with Crippen LogP contribution in [0.25, 0.3) is 22.0 Å². The number of carbonyl (C=O) groups excluding carboxylic acids is 1. The maximum absolute atomic E-state index is 12.4. The van der Waals surface area contributed by atoms with Crippen LogP contribution in [0.5, 0.6) is 0 Å². The lowest BCUT2D eigenvalue weighted by molar-refractivity contribution is -0.116. The van der Waals surface area contributed by atoms with E-state index in [9.17, 15) is 9.59 Å². The molecule has 0 aliphatic carbocycles. The zero-order chi connectivity index (χ0) is 21.5. The summed E-state index contributed by atoms with van der Waals surface area (Å²) in [5.41, 5.74) is 1.64. The number of aromatic nitrogens is 2. The molecule has 3 aromatic rings. The van der Waals surface area contributed by atoms with Crippen LogP contribution < -0.4 is 10.9 Å². The summed E-state index contributed by atoms with van der Waals surface area (Å²) in [6, 6.07) is 12.5. The first-order valence-electron chi connectivity index (χ1n) is 9.69. The standard InChI is InChI=1S/C23H23ClN4O2.ClH/c1-3-13-28(2)14-7-6-10-21(29)25-20-15-16(11-12-19(20)24)22-17-8-4-5-9-18(17)23(30)27-26-22;/h1,4-5,8-9,11-12,15H,6-7,10,13-14H2,2H3,(H,25,29)(H,27,30);1H. The molecule has 0 saturated carbocycles. The minimum absolute atomic E-state index is 0. The van der Waals surface area contributed by atoms with Crippen molar-refractivity contribution in [3.8, 4) is 23.6 Å². The average molecular weight is 459 g/mol. The number of carbonyl (C=O) groups is 1. The van der Waals surface area contributed by atoms with Crippen LogP contribution in [-0.4, -0.2) is 41.1 Å². The normalized spacial score (nSPS) is 10.5. The topological polar surface area (TPSA) is 78.1 Å². The van der Waals surface area contributed by atoms with Gasteiger partial charge in [0, 0.05) is 17.4 Å². The highest BCUT2D eigenvalue weighted by Gasteiger charge is 2.12. The maximum atomic E-state index is 12.4. The lowest BCUT2D eigenvalue weighted by atomic mass is 10.0. The molecular weight excluding hydrogens is 435 g/mol. The number of rotatable bonds is 8. The van der Waals surface area contributed by atoms with Crippen molar-refractivity contribution in [2.75, 3.05) is 25.5 Å². The molecule has 0 aliphatic rings. The molecule has 1 heterocycles. The van der Waals surface area contributed by atoms with Gasteiger partial charge in [0.05, 0.1) is 28.3 Å². The summed E-state index contributed by atoms with van der Waals surface area (Å²) in [5.74, 6) is 2.49. The number of anilines is 1. The molecule has 0 bridgehead atoms. The number of hydrogen-bond acceptors (Lipinski definition) is 4. The number of terminal acetylenes is 1. The zero-order valence-electron chi connectivity index (χ0n) is 17.2. The van der Waals surface area contributed by atoms with Crippen LogP contribution >= 0.6 is 24.0 Å². The lowest BCUT2D eigenvalue weighted by Gasteiger charge is -2.13. The second-order valence-electron chi connectivity index (χ2n) is 7.09. The van der Waals surface area contributed by atoms with Crippen molar-refractivity contribution in [3.05, 3.63) is 57.8 Å². The van der Waals surface area contributed by atoms with Crippen molar-refractivity contribution in [2.24, 2.45) is 0 Å². The monoisotopic (exact) mass is 458 g/mol. The largest absolute Gasteiger partial charge is 0.325 e. The van der Waals surface area contributed by atoms with Crippen LogP contribution in [0.4, 0.5) is 5.69 Å². The Hall–Kier alpha value is -2.85. The van der Waals surface area contributed by atoms with Gasteiger partial charge in [-0.3, -0.25) is 14.5 Å². The van der Waals surface area contributed by atoms with Gasteiger partial charge in [-0.25, -0.2) is 5.10 Å². The fourth-order valence-corrected chi connectivity index (χ4v) is 3.38. The molecule has 0 aliphatic heterocycles. The molecule has 0 spiro atoms. The van der Waals surface area contributed by atoms with Gasteiger partial charge in [-0.05, 0) is 44.6 Å². The van der Waals surface area contributed by atoms with Gasteiger partial charge < -0.3 is 5.32 Å². The van der Waals surface area contributed by atoms with Gasteiger partial charge in [0.1, 0.15) is 0 Å². The molecule has 1 amide bonds. The van der Waals surface area contributed by atoms with Gasteiger partial charge >= 0.3 is 0 Å². The Morgan fingerprint density at radius 3 is 2.71 bits per heavy atom. The van der Waals surface area contributed by atoms with Crippen LogP contribution in [0.1, 0.15) is 19.3 Å². The zero-order valence-corrected chi connectivity index (χ0v) is 18.7. The van der Waals surface area contributed by atoms with Crippen molar-refractivity contribution >= 4 is 46.4 Å². The predicted octanol–water partition coefficient (Wildman–Crippen LogP) is 4.34. The number of H-pyrrole nitrogens is 1. The first kappa shape index (κ1) is 24.4. The number of nitrogens with zero attached hydrogens (tertiary/aromatic N) is 2. The Bertz CT molecular complexity index is 1150. The number of amides is 1. The van der Waals surface area contributed by atoms with Crippen molar-refractivity contribution < 1.29 is 4.79 Å². The molecule has 162 valence electrons. The minimum atomic E-state index is -0.246. The van der Waals surface area contributed by atoms with E-state index in [4.69, 9.17) is 18.0 Å². The Kier molecular flexibility index (Phi) is 9.07. The summed E-state index contributed by atoms with van der Waals surface area (Å²) < 4.78 is 0. The number of benzene rings is 2. The van der Waals surface area contributed by atoms with Crippen LogP contribution in [-0.2, 0) is 4.79 Å². The first-order valence-corrected chi connectivity index (χ1v) is 10.1. The number of hydrogen-bond donors (Lipinski definition) is 2. The summed E-state index contributed by atoms with van der Waals surface area (Å²) in [5, 5.41) is 11.3. The second-order valence-corrected chi connectivity index (χ2v) is 7.50. The molecular formula is C23H24Cl2N4O2. The first-order chi connectivity index (χ1) is 14.5. The van der Waals surface area contributed by atoms with Crippen molar-refractivity contribution in [1.82, 2.24) is 15.1 Å². The van der Waals surface area contributed by atoms with E-state index in [1.165, 1.54) is 0 Å². The Morgan fingerprint density at radius 1 is 1.23 bits per heavy atom. The Labute approximate surface area is 192 Å². The van der Waals surface area contributed by atoms with Crippen molar-refractivity contribution in [1.29, 1.82) is 0 Å². The van der Waals surface area contributed by atoms with E-state index < -0.39 is 0 Å². The minimum Gasteiger partial charge on any atom is -0.325 e. The van der Waals surface area contributed by atoms with Crippen molar-refractivity contribution in [2.45, 2.75) is 19.3 Å². The summed E-state index contributed by atoms with van der Waals surface area (Å²) in [4.78, 5) is 26.4. The molecule has 0 atom stereocenters. The van der Waals surface area contributed by atoms with Crippen LogP contribution in [0.15, 0.2) is 47.3 Å². The van der Waals surface area contributed by atoms with Gasteiger partial charge in [-0.1, -0.05) is 41.8 Å². The Balaban J connectivity index is 0.00000341. The number of nitrogens with one attached hydrogen (secondary N) is 2. The molecule has 6 nitrogen and oxygen atoms in total. The molecule has 2 aromatic carbocycles. The molecule has 0 saturated heterocycles. The molecule has 31 heavy (non-hydrogen) atoms. The summed E-state index contributed by atoms with van der Waals surface area (Å²) >= 11 is 6.29. The molecule has 1 aromatic heterocycles. The predicted molar refractivity (Wildman–Crippen MR) is 129 cm³/mol. The fraction of sp³-hybridized carbons (Fsp3) is 0.261. The molecule has 3 rings (SSSR count). The van der Waals surface area contributed by atoms with Gasteiger partial charge in [-0.15, -0.1) is 18.8 Å². The maximum Gasteiger partial charge on any atom is 0.272 e. The van der Waals surface area contributed by atoms with E-state index in [1.54, 1.807) is 24.3 Å². The third-order valence-corrected chi connectivity index (χ3v) is 5.09. The van der Waals surface area contributed by atoms with E-state index in [2.05, 4.69) is 21.4 Å². The molecule has 0 unspecified atom stereocenters. The number of aromatic amines is 1. The highest BCUT2D eigenvalue weighted by Crippen LogP contribution is 2.30. The highest BCUT2D eigenvalue weighted by molar-refractivity contribution is 6.33. The van der Waals surface area contributed by atoms with Crippen LogP contribution in [0.2, 0.25) is 5.02 Å². The quantitative estimate of drug-likeness (QED) is 0.388. The highest BCUT2D eigenvalue weighted by atomic mass is 35.5. The van der Waals surface area contributed by atoms with E-state index in [0.29, 0.717) is 34.8 Å². The van der Waals surface area contributed by atoms with E-state index in [-0.39, 0.29) is 23.9 Å². The third-order valence-electron chi connectivity index (χ3n) is 4.76. The van der Waals surface area contributed by atoms with E-state index in [1.807, 2.05) is 30.1 Å². The van der Waals surface area contributed by atoms with Gasteiger partial charge in [0.25, 0.3) is 5.56 Å². The van der Waals surface area contributed by atoms with Crippen molar-refractivity contribution in [3.63, 3.8) is 0 Å². The smallest absolute Gasteiger partial charge is 0.272 e. The van der Waals surface area contributed by atoms with Gasteiger partial charge in [0.15, 0.2) is 0 Å². The Morgan fingerprint density at radius 2 is 1.97 bits per heavy atom. The fourth-order valence-electron chi connectivity index (χ4n) is 3.22. The average Bonchev–Trinajstić information content (AvgIpc) is 2.74. The van der Waals surface area contributed by atoms with Crippen LogP contribution in [0.3, 0.4) is 0 Å². The summed E-state index contributed by atoms with van der Waals surface area (Å²) in [6.07, 6.45) is 7.31. The number of unbranched alkanes of at least 4 members (excludes halogenated alkanes) is 1. The third kappa shape index (κ3) is 6.31. The summed E-state index contributed by atoms with van der Waals surface area (Å²) in [7, 11) is 1.96. The molecule has 0 radical (unpaired) electrons. The number of halogens is 2. The lowest BCUT2D eigenvalue weighted by Crippen LogP contribution is -2.20. The number of fused-ring (bicyclic) bond motifs is 1. The second kappa shape index (κ2) is 11.5. The summed E-state index contributed by atoms with van der Waals surface area (Å²) in [6.45, 7) is 1.45. The van der Waals surface area contributed by atoms with E-state index >= 15 is 0 Å². The molecule has 2 N–H and O–H groups in total. The van der Waals surface area contributed by atoms with Gasteiger partial charge in [-0.2, -0.15) is 5.10 Å². The molecule has 8 heteroatoms. The van der Waals surface area contributed by atoms with E-state index in [0.717, 1.165) is 30.3 Å². The SMILES string of the molecule is C#CCN(C)CCCCC(=O)Nc1cc(-c2n[nH]c(=O)c3ccccc23)ccc1Cl.Cl.